The van der Waals surface area contributed by atoms with Gasteiger partial charge >= 0.3 is 6.09 Å². The molecule has 200 valence electrons. The van der Waals surface area contributed by atoms with E-state index in [1.807, 2.05) is 31.2 Å². The number of halogens is 1. The number of benzene rings is 2. The Morgan fingerprint density at radius 3 is 2.37 bits per heavy atom. The Hall–Kier alpha value is -3.78. The van der Waals surface area contributed by atoms with Gasteiger partial charge in [0.15, 0.2) is 0 Å². The van der Waals surface area contributed by atoms with Gasteiger partial charge in [-0.15, -0.1) is 0 Å². The summed E-state index contributed by atoms with van der Waals surface area (Å²) in [6, 6.07) is 17.4. The number of carboxylic acid groups (broad SMARTS) is 1. The van der Waals surface area contributed by atoms with Crippen molar-refractivity contribution in [1.82, 2.24) is 14.8 Å². The summed E-state index contributed by atoms with van der Waals surface area (Å²) in [4.78, 5) is 34.8. The molecule has 7 nitrogen and oxygen atoms in total. The number of amides is 2. The summed E-state index contributed by atoms with van der Waals surface area (Å²) in [6.07, 6.45) is 0.633. The van der Waals surface area contributed by atoms with Gasteiger partial charge in [0.2, 0.25) is 0 Å². The van der Waals surface area contributed by atoms with Crippen molar-refractivity contribution in [2.75, 3.05) is 31.6 Å². The summed E-state index contributed by atoms with van der Waals surface area (Å²) < 4.78 is 13.5. The number of hydrogen-bond acceptors (Lipinski definition) is 4. The zero-order valence-corrected chi connectivity index (χ0v) is 22.6. The molecule has 2 amide bonds. The zero-order chi connectivity index (χ0) is 27.7. The van der Waals surface area contributed by atoms with Crippen LogP contribution in [0.15, 0.2) is 66.9 Å². The molecule has 1 aliphatic heterocycles. The highest BCUT2D eigenvalue weighted by Crippen LogP contribution is 2.38. The number of anilines is 1. The monoisotopic (exact) mass is 518 g/mol. The molecule has 3 aromatic rings. The van der Waals surface area contributed by atoms with E-state index < -0.39 is 11.6 Å². The molecule has 0 radical (unpaired) electrons. The summed E-state index contributed by atoms with van der Waals surface area (Å²) in [7, 11) is 1.72. The Morgan fingerprint density at radius 2 is 1.79 bits per heavy atom. The van der Waals surface area contributed by atoms with Crippen molar-refractivity contribution in [2.45, 2.75) is 39.8 Å². The van der Waals surface area contributed by atoms with Crippen LogP contribution in [0.5, 0.6) is 0 Å². The molecule has 0 spiro atoms. The lowest BCUT2D eigenvalue weighted by Gasteiger charge is -2.54. The predicted molar refractivity (Wildman–Crippen MR) is 147 cm³/mol. The van der Waals surface area contributed by atoms with Gasteiger partial charge in [-0.2, -0.15) is 0 Å². The van der Waals surface area contributed by atoms with Crippen LogP contribution in [0.4, 0.5) is 14.9 Å². The number of rotatable bonds is 5. The molecule has 1 fully saturated rings. The van der Waals surface area contributed by atoms with E-state index in [2.05, 4.69) is 30.7 Å². The maximum Gasteiger partial charge on any atom is 0.407 e. The third kappa shape index (κ3) is 5.55. The largest absolute Gasteiger partial charge is 0.465 e. The minimum absolute atomic E-state index is 0.193. The van der Waals surface area contributed by atoms with Crippen LogP contribution < -0.4 is 4.90 Å². The molecular formula is C30H35FN4O3. The normalized spacial score (nSPS) is 18.3. The Bertz CT molecular complexity index is 1300. The van der Waals surface area contributed by atoms with Gasteiger partial charge in [-0.3, -0.25) is 19.6 Å². The van der Waals surface area contributed by atoms with Gasteiger partial charge < -0.3 is 10.0 Å². The molecule has 1 aliphatic rings. The van der Waals surface area contributed by atoms with Crippen molar-refractivity contribution in [3.8, 4) is 11.3 Å². The van der Waals surface area contributed by atoms with Crippen LogP contribution in [0.3, 0.4) is 0 Å². The maximum absolute atomic E-state index is 13.5. The van der Waals surface area contributed by atoms with E-state index in [9.17, 15) is 19.1 Å². The third-order valence-electron chi connectivity index (χ3n) is 7.78. The lowest BCUT2D eigenvalue weighted by molar-refractivity contribution is -0.0462. The van der Waals surface area contributed by atoms with Crippen molar-refractivity contribution >= 4 is 17.7 Å². The van der Waals surface area contributed by atoms with Crippen molar-refractivity contribution in [3.63, 3.8) is 0 Å². The Balaban J connectivity index is 1.42. The molecule has 1 atom stereocenters. The Kier molecular flexibility index (Phi) is 7.56. The Morgan fingerprint density at radius 1 is 1.08 bits per heavy atom. The Labute approximate surface area is 223 Å². The summed E-state index contributed by atoms with van der Waals surface area (Å²) in [6.45, 7) is 10.7. The van der Waals surface area contributed by atoms with Crippen LogP contribution in [-0.2, 0) is 6.54 Å². The SMILES string of the molecule is CN(C(=O)c1ccc(-c2cccc(F)c2)nc1)c1ccc(CN2CCN(C(=O)O)[C@@](C)(C(C)(C)C)C2)cc1. The summed E-state index contributed by atoms with van der Waals surface area (Å²) in [5.74, 6) is -0.528. The number of carbonyl (C=O) groups excluding carboxylic acids is 1. The topological polar surface area (TPSA) is 77.0 Å². The fourth-order valence-electron chi connectivity index (χ4n) is 4.90. The molecule has 4 rings (SSSR count). The van der Waals surface area contributed by atoms with E-state index in [1.165, 1.54) is 18.3 Å². The van der Waals surface area contributed by atoms with E-state index in [0.717, 1.165) is 11.3 Å². The number of pyridine rings is 1. The minimum atomic E-state index is -0.877. The summed E-state index contributed by atoms with van der Waals surface area (Å²) in [5, 5.41) is 9.76. The van der Waals surface area contributed by atoms with E-state index in [0.29, 0.717) is 43.0 Å². The molecule has 0 bridgehead atoms. The van der Waals surface area contributed by atoms with Crippen LogP contribution in [0.1, 0.15) is 43.6 Å². The molecule has 2 heterocycles. The average molecular weight is 519 g/mol. The molecule has 2 aromatic carbocycles. The standard InChI is InChI=1S/C30H35FN4O3/c1-29(2,3)30(4)20-34(15-16-35(30)28(37)38)19-21-9-12-25(13-10-21)33(5)27(36)23-11-14-26(32-18-23)22-7-6-8-24(31)17-22/h6-14,17-18H,15-16,19-20H2,1-5H3,(H,37,38)/t30-/m1/s1. The molecule has 38 heavy (non-hydrogen) atoms. The molecular weight excluding hydrogens is 483 g/mol. The predicted octanol–water partition coefficient (Wildman–Crippen LogP) is 5.76. The molecule has 1 N–H and O–H groups in total. The van der Waals surface area contributed by atoms with Gasteiger partial charge in [0.25, 0.3) is 5.91 Å². The highest BCUT2D eigenvalue weighted by atomic mass is 19.1. The number of carbonyl (C=O) groups is 2. The molecule has 8 heteroatoms. The molecule has 1 saturated heterocycles. The van der Waals surface area contributed by atoms with Gasteiger partial charge in [0, 0.05) is 50.7 Å². The van der Waals surface area contributed by atoms with Gasteiger partial charge in [0.05, 0.1) is 16.8 Å². The number of nitrogens with zero attached hydrogens (tertiary/aromatic N) is 4. The van der Waals surface area contributed by atoms with Crippen LogP contribution in [0.2, 0.25) is 0 Å². The first-order valence-electron chi connectivity index (χ1n) is 12.7. The van der Waals surface area contributed by atoms with Crippen LogP contribution >= 0.6 is 0 Å². The molecule has 0 unspecified atom stereocenters. The quantitative estimate of drug-likeness (QED) is 0.464. The minimum Gasteiger partial charge on any atom is -0.465 e. The van der Waals surface area contributed by atoms with Crippen LogP contribution in [-0.4, -0.2) is 64.1 Å². The lowest BCUT2D eigenvalue weighted by Crippen LogP contribution is -2.67. The third-order valence-corrected chi connectivity index (χ3v) is 7.78. The first kappa shape index (κ1) is 27.3. The highest BCUT2D eigenvalue weighted by Gasteiger charge is 2.48. The zero-order valence-electron chi connectivity index (χ0n) is 22.6. The van der Waals surface area contributed by atoms with E-state index in [-0.39, 0.29) is 17.1 Å². The van der Waals surface area contributed by atoms with Crippen molar-refractivity contribution < 1.29 is 19.1 Å². The smallest absolute Gasteiger partial charge is 0.407 e. The fraction of sp³-hybridized carbons (Fsp3) is 0.367. The number of hydrogen-bond donors (Lipinski definition) is 1. The van der Waals surface area contributed by atoms with E-state index >= 15 is 0 Å². The second-order valence-corrected chi connectivity index (χ2v) is 11.1. The average Bonchev–Trinajstić information content (AvgIpc) is 2.87. The highest BCUT2D eigenvalue weighted by molar-refractivity contribution is 6.05. The summed E-state index contributed by atoms with van der Waals surface area (Å²) >= 11 is 0. The van der Waals surface area contributed by atoms with Crippen LogP contribution in [0, 0.1) is 11.2 Å². The van der Waals surface area contributed by atoms with Crippen molar-refractivity contribution in [3.05, 3.63) is 83.8 Å². The van der Waals surface area contributed by atoms with Gasteiger partial charge in [-0.25, -0.2) is 9.18 Å². The van der Waals surface area contributed by atoms with Crippen molar-refractivity contribution in [1.29, 1.82) is 0 Å². The molecule has 0 aliphatic carbocycles. The van der Waals surface area contributed by atoms with Gasteiger partial charge in [-0.1, -0.05) is 45.0 Å². The fourth-order valence-corrected chi connectivity index (χ4v) is 4.90. The van der Waals surface area contributed by atoms with Crippen molar-refractivity contribution in [2.24, 2.45) is 5.41 Å². The summed E-state index contributed by atoms with van der Waals surface area (Å²) in [5.41, 5.74) is 2.80. The first-order valence-corrected chi connectivity index (χ1v) is 12.7. The number of piperazine rings is 1. The lowest BCUT2D eigenvalue weighted by atomic mass is 9.72. The molecule has 1 aromatic heterocycles. The number of aromatic nitrogens is 1. The van der Waals surface area contributed by atoms with E-state index in [4.69, 9.17) is 0 Å². The second kappa shape index (κ2) is 10.5. The molecule has 0 saturated carbocycles. The van der Waals surface area contributed by atoms with Crippen LogP contribution in [0.25, 0.3) is 11.3 Å². The van der Waals surface area contributed by atoms with E-state index in [1.54, 1.807) is 41.1 Å². The first-order chi connectivity index (χ1) is 17.9. The maximum atomic E-state index is 13.5. The van der Waals surface area contributed by atoms with Gasteiger partial charge in [-0.05, 0) is 54.3 Å². The second-order valence-electron chi connectivity index (χ2n) is 11.1. The van der Waals surface area contributed by atoms with Gasteiger partial charge in [0.1, 0.15) is 5.82 Å².